The van der Waals surface area contributed by atoms with Gasteiger partial charge in [-0.1, -0.05) is 176 Å². The lowest BCUT2D eigenvalue weighted by atomic mass is 9.91. The molecule has 0 bridgehead atoms. The molecule has 0 unspecified atom stereocenters. The largest absolute Gasteiger partial charge is 0.464 e. The van der Waals surface area contributed by atoms with Crippen LogP contribution in [0.1, 0.15) is 5.56 Å². The average Bonchev–Trinajstić information content (AvgIpc) is 3.94. The summed E-state index contributed by atoms with van der Waals surface area (Å²) in [5, 5.41) is 5.49. The molecule has 0 aliphatic rings. The van der Waals surface area contributed by atoms with E-state index < -0.39 is 0 Å². The molecule has 0 atom stereocenters. The summed E-state index contributed by atoms with van der Waals surface area (Å²) in [5.74, 6) is 0. The van der Waals surface area contributed by atoms with E-state index in [0.717, 1.165) is 88.6 Å². The SMILES string of the molecule is C=C/C(=C\c1coc2ccccc12)N(c1ccc(-c2ccc(-c3ccccc3)c(-c3ccccc3)c2)cc1)c1ccccc1-c1cccc2c1oc1c3ccccc3ccc21. The molecular weight excluding hydrogens is 743 g/mol. The summed E-state index contributed by atoms with van der Waals surface area (Å²) >= 11 is 0. The van der Waals surface area contributed by atoms with Crippen molar-refractivity contribution in [2.24, 2.45) is 0 Å². The molecule has 61 heavy (non-hydrogen) atoms. The lowest BCUT2D eigenvalue weighted by Crippen LogP contribution is -2.16. The van der Waals surface area contributed by atoms with E-state index in [1.54, 1.807) is 0 Å². The van der Waals surface area contributed by atoms with Gasteiger partial charge < -0.3 is 13.7 Å². The zero-order valence-corrected chi connectivity index (χ0v) is 33.3. The monoisotopic (exact) mass is 781 g/mol. The van der Waals surface area contributed by atoms with Crippen LogP contribution in [0.2, 0.25) is 0 Å². The molecule has 0 spiro atoms. The van der Waals surface area contributed by atoms with Crippen LogP contribution in [0.4, 0.5) is 11.4 Å². The molecule has 0 aliphatic heterocycles. The Bertz CT molecular complexity index is 3430. The highest BCUT2D eigenvalue weighted by Crippen LogP contribution is 2.45. The van der Waals surface area contributed by atoms with Crippen molar-refractivity contribution in [3.05, 3.63) is 236 Å². The fraction of sp³-hybridized carbons (Fsp3) is 0. The predicted molar refractivity (Wildman–Crippen MR) is 256 cm³/mol. The van der Waals surface area contributed by atoms with Crippen molar-refractivity contribution < 1.29 is 8.83 Å². The number of furan rings is 2. The summed E-state index contributed by atoms with van der Waals surface area (Å²) in [6.07, 6.45) is 5.91. The Hall–Kier alpha value is -8.14. The molecular formula is C58H39NO2. The van der Waals surface area contributed by atoms with Crippen molar-refractivity contribution in [1.29, 1.82) is 0 Å². The Labute approximate surface area is 354 Å². The fourth-order valence-electron chi connectivity index (χ4n) is 8.80. The van der Waals surface area contributed by atoms with E-state index in [0.29, 0.717) is 0 Å². The minimum absolute atomic E-state index is 0.839. The van der Waals surface area contributed by atoms with E-state index in [9.17, 15) is 0 Å². The first-order valence-electron chi connectivity index (χ1n) is 20.6. The van der Waals surface area contributed by atoms with Gasteiger partial charge >= 0.3 is 0 Å². The number of fused-ring (bicyclic) bond motifs is 6. The van der Waals surface area contributed by atoms with Crippen molar-refractivity contribution in [3.8, 4) is 44.5 Å². The summed E-state index contributed by atoms with van der Waals surface area (Å²) in [7, 11) is 0. The van der Waals surface area contributed by atoms with Gasteiger partial charge in [0.05, 0.1) is 12.0 Å². The number of benzene rings is 9. The first-order valence-corrected chi connectivity index (χ1v) is 20.6. The van der Waals surface area contributed by atoms with Gasteiger partial charge in [-0.3, -0.25) is 0 Å². The molecule has 0 saturated heterocycles. The first-order chi connectivity index (χ1) is 30.2. The Morgan fingerprint density at radius 3 is 1.89 bits per heavy atom. The van der Waals surface area contributed by atoms with E-state index in [1.807, 2.05) is 30.5 Å². The second kappa shape index (κ2) is 15.2. The highest BCUT2D eigenvalue weighted by atomic mass is 16.3. The molecule has 2 aromatic heterocycles. The Balaban J connectivity index is 1.07. The maximum absolute atomic E-state index is 6.89. The molecule has 0 saturated carbocycles. The smallest absolute Gasteiger partial charge is 0.143 e. The van der Waals surface area contributed by atoms with Gasteiger partial charge in [-0.2, -0.15) is 0 Å². The highest BCUT2D eigenvalue weighted by Gasteiger charge is 2.22. The number of hydrogen-bond acceptors (Lipinski definition) is 3. The normalized spacial score (nSPS) is 11.8. The third-order valence-electron chi connectivity index (χ3n) is 11.8. The topological polar surface area (TPSA) is 29.5 Å². The maximum atomic E-state index is 6.89. The zero-order valence-electron chi connectivity index (χ0n) is 33.3. The Kier molecular flexibility index (Phi) is 8.98. The minimum atomic E-state index is 0.839. The number of allylic oxidation sites excluding steroid dienone is 1. The minimum Gasteiger partial charge on any atom is -0.464 e. The Morgan fingerprint density at radius 1 is 0.443 bits per heavy atom. The molecule has 2 heterocycles. The molecule has 3 nitrogen and oxygen atoms in total. The van der Waals surface area contributed by atoms with E-state index in [-0.39, 0.29) is 0 Å². The van der Waals surface area contributed by atoms with E-state index in [4.69, 9.17) is 8.83 Å². The van der Waals surface area contributed by atoms with Gasteiger partial charge in [0.25, 0.3) is 0 Å². The van der Waals surface area contributed by atoms with Crippen LogP contribution in [0.25, 0.3) is 94.3 Å². The van der Waals surface area contributed by atoms with Crippen LogP contribution in [0.5, 0.6) is 0 Å². The van der Waals surface area contributed by atoms with Crippen LogP contribution in [0.3, 0.4) is 0 Å². The summed E-state index contributed by atoms with van der Waals surface area (Å²) in [5.41, 5.74) is 15.5. The van der Waals surface area contributed by atoms with Crippen molar-refractivity contribution in [3.63, 3.8) is 0 Å². The van der Waals surface area contributed by atoms with Gasteiger partial charge in [0.15, 0.2) is 0 Å². The standard InChI is InChI=1S/C58H39NO2/c1-2-45(36-44-38-60-56-27-14-12-21-48(44)56)59(46-32-28-39(29-33-46)43-31-34-47(40-16-5-3-6-17-40)54(37-43)41-18-7-4-8-19-41)55-26-13-11-23-50(55)51-24-15-25-52-53-35-30-42-20-9-10-22-49(42)57(53)61-58(51)52/h2-38H,1H2/b45-36+. The van der Waals surface area contributed by atoms with Gasteiger partial charge in [0, 0.05) is 49.6 Å². The number of para-hydroxylation sites is 3. The molecule has 9 aromatic carbocycles. The van der Waals surface area contributed by atoms with Gasteiger partial charge in [-0.25, -0.2) is 0 Å². The van der Waals surface area contributed by atoms with Crippen LogP contribution in [0, 0.1) is 0 Å². The third kappa shape index (κ3) is 6.41. The second-order valence-corrected chi connectivity index (χ2v) is 15.3. The van der Waals surface area contributed by atoms with Crippen molar-refractivity contribution in [2.45, 2.75) is 0 Å². The number of hydrogen-bond donors (Lipinski definition) is 0. The second-order valence-electron chi connectivity index (χ2n) is 15.3. The van der Waals surface area contributed by atoms with E-state index in [2.05, 4.69) is 206 Å². The van der Waals surface area contributed by atoms with Crippen LogP contribution in [-0.2, 0) is 0 Å². The Morgan fingerprint density at radius 2 is 1.08 bits per heavy atom. The molecule has 0 radical (unpaired) electrons. The summed E-state index contributed by atoms with van der Waals surface area (Å²) in [4.78, 5) is 2.29. The quantitative estimate of drug-likeness (QED) is 0.137. The molecule has 11 aromatic rings. The van der Waals surface area contributed by atoms with Crippen LogP contribution >= 0.6 is 0 Å². The maximum Gasteiger partial charge on any atom is 0.143 e. The number of anilines is 2. The van der Waals surface area contributed by atoms with Gasteiger partial charge in [0.2, 0.25) is 0 Å². The summed E-state index contributed by atoms with van der Waals surface area (Å²) < 4.78 is 12.9. The van der Waals surface area contributed by atoms with Crippen molar-refractivity contribution >= 4 is 61.1 Å². The molecule has 11 rings (SSSR count). The van der Waals surface area contributed by atoms with Gasteiger partial charge in [0.1, 0.15) is 16.7 Å². The van der Waals surface area contributed by atoms with Gasteiger partial charge in [-0.05, 0) is 87.3 Å². The molecule has 288 valence electrons. The highest BCUT2D eigenvalue weighted by molar-refractivity contribution is 6.17. The van der Waals surface area contributed by atoms with Crippen LogP contribution in [0.15, 0.2) is 240 Å². The van der Waals surface area contributed by atoms with Crippen LogP contribution in [-0.4, -0.2) is 0 Å². The predicted octanol–water partition coefficient (Wildman–Crippen LogP) is 16.5. The van der Waals surface area contributed by atoms with Crippen molar-refractivity contribution in [1.82, 2.24) is 0 Å². The average molecular weight is 782 g/mol. The third-order valence-corrected chi connectivity index (χ3v) is 11.8. The van der Waals surface area contributed by atoms with Crippen LogP contribution < -0.4 is 4.90 Å². The van der Waals surface area contributed by atoms with Crippen molar-refractivity contribution in [2.75, 3.05) is 4.90 Å². The van der Waals surface area contributed by atoms with E-state index in [1.165, 1.54) is 22.3 Å². The number of nitrogens with zero attached hydrogens (tertiary/aromatic N) is 1. The molecule has 0 amide bonds. The summed E-state index contributed by atoms with van der Waals surface area (Å²) in [6.45, 7) is 4.38. The molecule has 0 fully saturated rings. The molecule has 0 aliphatic carbocycles. The molecule has 3 heteroatoms. The first kappa shape index (κ1) is 36.0. The lowest BCUT2D eigenvalue weighted by molar-refractivity contribution is 0.615. The zero-order chi connectivity index (χ0) is 40.7. The van der Waals surface area contributed by atoms with E-state index >= 15 is 0 Å². The fourth-order valence-corrected chi connectivity index (χ4v) is 8.80. The lowest BCUT2D eigenvalue weighted by Gasteiger charge is -2.29. The molecule has 0 N–H and O–H groups in total. The number of rotatable bonds is 9. The summed E-state index contributed by atoms with van der Waals surface area (Å²) in [6, 6.07) is 72.8. The van der Waals surface area contributed by atoms with Gasteiger partial charge in [-0.15, -0.1) is 0 Å².